The Morgan fingerprint density at radius 2 is 2.06 bits per heavy atom. The number of rotatable bonds is 3. The van der Waals surface area contributed by atoms with Gasteiger partial charge in [-0.2, -0.15) is 0 Å². The first kappa shape index (κ1) is 13.1. The molecule has 3 nitrogen and oxygen atoms in total. The Morgan fingerprint density at radius 3 is 2.72 bits per heavy atom. The molecule has 3 heteroatoms. The number of hydrogen-bond acceptors (Lipinski definition) is 2. The lowest BCUT2D eigenvalue weighted by Crippen LogP contribution is -2.44. The molecule has 1 fully saturated rings. The number of nitrogens with two attached hydrogens (primary N) is 1. The second-order valence-corrected chi connectivity index (χ2v) is 5.09. The smallest absolute Gasteiger partial charge is 0.254 e. The van der Waals surface area contributed by atoms with Gasteiger partial charge in [-0.3, -0.25) is 4.79 Å². The molecule has 1 aromatic carbocycles. The minimum Gasteiger partial charge on any atom is -0.336 e. The summed E-state index contributed by atoms with van der Waals surface area (Å²) in [7, 11) is 0. The fourth-order valence-electron chi connectivity index (χ4n) is 2.62. The minimum atomic E-state index is 0.160. The van der Waals surface area contributed by atoms with Gasteiger partial charge in [-0.05, 0) is 51.3 Å². The van der Waals surface area contributed by atoms with E-state index in [0.29, 0.717) is 12.6 Å². The van der Waals surface area contributed by atoms with E-state index in [9.17, 15) is 4.79 Å². The van der Waals surface area contributed by atoms with Crippen molar-refractivity contribution >= 4 is 5.91 Å². The summed E-state index contributed by atoms with van der Waals surface area (Å²) in [6.07, 6.45) is 4.33. The zero-order valence-corrected chi connectivity index (χ0v) is 11.1. The maximum atomic E-state index is 12.5. The Balaban J connectivity index is 2.12. The first-order chi connectivity index (χ1) is 8.72. The van der Waals surface area contributed by atoms with Crippen LogP contribution in [0, 0.1) is 6.92 Å². The van der Waals surface area contributed by atoms with E-state index in [2.05, 4.69) is 0 Å². The number of benzene rings is 1. The van der Waals surface area contributed by atoms with E-state index in [1.807, 2.05) is 36.1 Å². The third-order valence-electron chi connectivity index (χ3n) is 3.69. The molecule has 1 saturated heterocycles. The van der Waals surface area contributed by atoms with Gasteiger partial charge < -0.3 is 10.6 Å². The van der Waals surface area contributed by atoms with Crippen LogP contribution >= 0.6 is 0 Å². The van der Waals surface area contributed by atoms with Gasteiger partial charge in [-0.1, -0.05) is 17.7 Å². The predicted octanol–water partition coefficient (Wildman–Crippen LogP) is 2.34. The molecular weight excluding hydrogens is 224 g/mol. The van der Waals surface area contributed by atoms with E-state index in [-0.39, 0.29) is 5.91 Å². The molecule has 1 aliphatic rings. The molecule has 2 rings (SSSR count). The molecule has 0 spiro atoms. The summed E-state index contributed by atoms with van der Waals surface area (Å²) in [6.45, 7) is 3.56. The Bertz CT molecular complexity index is 397. The molecule has 0 aliphatic carbocycles. The number of carbonyl (C=O) groups is 1. The molecule has 0 bridgehead atoms. The Kier molecular flexibility index (Phi) is 4.37. The first-order valence-electron chi connectivity index (χ1n) is 6.80. The van der Waals surface area contributed by atoms with Crippen molar-refractivity contribution in [2.45, 2.75) is 38.6 Å². The molecule has 0 radical (unpaired) electrons. The van der Waals surface area contributed by atoms with Gasteiger partial charge >= 0.3 is 0 Å². The third kappa shape index (κ3) is 2.91. The lowest BCUT2D eigenvalue weighted by molar-refractivity contribution is 0.0605. The topological polar surface area (TPSA) is 46.3 Å². The number of amides is 1. The predicted molar refractivity (Wildman–Crippen MR) is 73.5 cm³/mol. The Labute approximate surface area is 109 Å². The van der Waals surface area contributed by atoms with Gasteiger partial charge in [0.05, 0.1) is 0 Å². The van der Waals surface area contributed by atoms with Crippen LogP contribution in [0.1, 0.15) is 41.6 Å². The fourth-order valence-corrected chi connectivity index (χ4v) is 2.62. The van der Waals surface area contributed by atoms with Crippen LogP contribution in [0.25, 0.3) is 0 Å². The maximum Gasteiger partial charge on any atom is 0.254 e. The summed E-state index contributed by atoms with van der Waals surface area (Å²) in [4.78, 5) is 14.5. The molecule has 1 heterocycles. The van der Waals surface area contributed by atoms with Crippen molar-refractivity contribution in [2.75, 3.05) is 13.1 Å². The van der Waals surface area contributed by atoms with Crippen molar-refractivity contribution in [1.82, 2.24) is 4.90 Å². The standard InChI is InChI=1S/C15H22N2O/c1-12-5-7-13(8-6-12)15(18)17-11-3-2-4-14(17)9-10-16/h5-8,14H,2-4,9-11,16H2,1H3. The van der Waals surface area contributed by atoms with Crippen LogP contribution < -0.4 is 5.73 Å². The zero-order valence-electron chi connectivity index (χ0n) is 11.1. The van der Waals surface area contributed by atoms with Gasteiger partial charge in [0, 0.05) is 18.2 Å². The molecule has 1 aromatic rings. The SMILES string of the molecule is Cc1ccc(C(=O)N2CCCCC2CCN)cc1. The molecule has 18 heavy (non-hydrogen) atoms. The van der Waals surface area contributed by atoms with Crippen molar-refractivity contribution in [1.29, 1.82) is 0 Å². The van der Waals surface area contributed by atoms with E-state index in [0.717, 1.165) is 31.4 Å². The van der Waals surface area contributed by atoms with E-state index in [1.165, 1.54) is 12.0 Å². The minimum absolute atomic E-state index is 0.160. The second-order valence-electron chi connectivity index (χ2n) is 5.09. The van der Waals surface area contributed by atoms with Crippen molar-refractivity contribution < 1.29 is 4.79 Å². The summed E-state index contributed by atoms with van der Waals surface area (Å²) in [5, 5.41) is 0. The monoisotopic (exact) mass is 246 g/mol. The number of likely N-dealkylation sites (tertiary alicyclic amines) is 1. The summed E-state index contributed by atoms with van der Waals surface area (Å²) < 4.78 is 0. The third-order valence-corrected chi connectivity index (χ3v) is 3.69. The van der Waals surface area contributed by atoms with E-state index in [4.69, 9.17) is 5.73 Å². The van der Waals surface area contributed by atoms with Crippen LogP contribution in [0.5, 0.6) is 0 Å². The zero-order chi connectivity index (χ0) is 13.0. The van der Waals surface area contributed by atoms with E-state index < -0.39 is 0 Å². The van der Waals surface area contributed by atoms with E-state index in [1.54, 1.807) is 0 Å². The maximum absolute atomic E-state index is 12.5. The number of carbonyl (C=O) groups excluding carboxylic acids is 1. The highest BCUT2D eigenvalue weighted by molar-refractivity contribution is 5.94. The highest BCUT2D eigenvalue weighted by atomic mass is 16.2. The van der Waals surface area contributed by atoms with E-state index >= 15 is 0 Å². The van der Waals surface area contributed by atoms with Crippen LogP contribution in [0.4, 0.5) is 0 Å². The van der Waals surface area contributed by atoms with Crippen LogP contribution in [0.15, 0.2) is 24.3 Å². The molecule has 98 valence electrons. The van der Waals surface area contributed by atoms with Crippen LogP contribution in [0.2, 0.25) is 0 Å². The molecule has 0 aromatic heterocycles. The first-order valence-corrected chi connectivity index (χ1v) is 6.80. The Hall–Kier alpha value is -1.35. The van der Waals surface area contributed by atoms with Gasteiger partial charge in [0.1, 0.15) is 0 Å². The van der Waals surface area contributed by atoms with Gasteiger partial charge in [-0.25, -0.2) is 0 Å². The van der Waals surface area contributed by atoms with Gasteiger partial charge in [-0.15, -0.1) is 0 Å². The fraction of sp³-hybridized carbons (Fsp3) is 0.533. The number of piperidine rings is 1. The molecule has 1 atom stereocenters. The van der Waals surface area contributed by atoms with Crippen molar-refractivity contribution in [3.8, 4) is 0 Å². The molecule has 2 N–H and O–H groups in total. The van der Waals surface area contributed by atoms with Gasteiger partial charge in [0.2, 0.25) is 0 Å². The molecule has 0 saturated carbocycles. The second kappa shape index (κ2) is 6.01. The van der Waals surface area contributed by atoms with Crippen molar-refractivity contribution in [3.05, 3.63) is 35.4 Å². The molecule has 1 aliphatic heterocycles. The summed E-state index contributed by atoms with van der Waals surface area (Å²) in [5.41, 5.74) is 7.62. The highest BCUT2D eigenvalue weighted by Crippen LogP contribution is 2.21. The molecule has 1 amide bonds. The quantitative estimate of drug-likeness (QED) is 0.889. The summed E-state index contributed by atoms with van der Waals surface area (Å²) >= 11 is 0. The van der Waals surface area contributed by atoms with Crippen molar-refractivity contribution in [3.63, 3.8) is 0 Å². The molecular formula is C15H22N2O. The van der Waals surface area contributed by atoms with Gasteiger partial charge in [0.25, 0.3) is 5.91 Å². The van der Waals surface area contributed by atoms with Crippen LogP contribution in [-0.2, 0) is 0 Å². The largest absolute Gasteiger partial charge is 0.336 e. The van der Waals surface area contributed by atoms with Gasteiger partial charge in [0.15, 0.2) is 0 Å². The molecule has 1 unspecified atom stereocenters. The van der Waals surface area contributed by atoms with Crippen LogP contribution in [-0.4, -0.2) is 29.9 Å². The summed E-state index contributed by atoms with van der Waals surface area (Å²) in [5.74, 6) is 0.160. The lowest BCUT2D eigenvalue weighted by atomic mass is 9.98. The van der Waals surface area contributed by atoms with Crippen molar-refractivity contribution in [2.24, 2.45) is 5.73 Å². The number of aryl methyl sites for hydroxylation is 1. The summed E-state index contributed by atoms with van der Waals surface area (Å²) in [6, 6.07) is 8.17. The van der Waals surface area contributed by atoms with Crippen LogP contribution in [0.3, 0.4) is 0 Å². The number of nitrogens with zero attached hydrogens (tertiary/aromatic N) is 1. The average Bonchev–Trinajstić information content (AvgIpc) is 2.40. The Morgan fingerprint density at radius 1 is 1.33 bits per heavy atom. The lowest BCUT2D eigenvalue weighted by Gasteiger charge is -2.35. The average molecular weight is 246 g/mol. The number of hydrogen-bond donors (Lipinski definition) is 1. The normalized spacial score (nSPS) is 19.9. The highest BCUT2D eigenvalue weighted by Gasteiger charge is 2.26.